The Balaban J connectivity index is 1.49. The molecule has 0 fully saturated rings. The second kappa shape index (κ2) is 7.28. The zero-order valence-corrected chi connectivity index (χ0v) is 17.0. The molecule has 1 aliphatic heterocycles. The first-order valence-electron chi connectivity index (χ1n) is 10.4. The average molecular weight is 426 g/mol. The number of halogens is 1. The van der Waals surface area contributed by atoms with E-state index in [1.54, 1.807) is 6.20 Å². The molecule has 0 unspecified atom stereocenters. The number of pyridine rings is 1. The third-order valence-corrected chi connectivity index (χ3v) is 5.77. The number of aromatic nitrogens is 5. The second-order valence-electron chi connectivity index (χ2n) is 7.86. The summed E-state index contributed by atoms with van der Waals surface area (Å²) in [6.45, 7) is 1.78. The highest BCUT2D eigenvalue weighted by Crippen LogP contribution is 2.33. The molecule has 0 saturated carbocycles. The van der Waals surface area contributed by atoms with Crippen molar-refractivity contribution >= 4 is 27.5 Å². The molecule has 4 heterocycles. The quantitative estimate of drug-likeness (QED) is 0.343. The molecule has 4 N–H and O–H groups in total. The standard InChI is InChI=1S/C24H19FN6O/c25-15-8-14(9-16(32)10-15)17-2-1-3-19-22(17)29-24(28-19)23-18-11-20(13-4-6-26-7-5-13)27-12-21(18)30-31-23/h1-4,8-12,26,32H,5-7H2,(H,28,29)(H,30,31). The fraction of sp³-hybridized carbons (Fsp3) is 0.125. The SMILES string of the molecule is Oc1cc(F)cc(-c2cccc3[nH]c(-c4n[nH]c5cnc(C6=CCNCC6)cc45)nc23)c1. The number of aromatic hydroxyl groups is 1. The lowest BCUT2D eigenvalue weighted by molar-refractivity contribution is 0.469. The van der Waals surface area contributed by atoms with Crippen LogP contribution in [0, 0.1) is 5.82 Å². The van der Waals surface area contributed by atoms with Gasteiger partial charge in [0.1, 0.15) is 17.3 Å². The predicted octanol–water partition coefficient (Wildman–Crippen LogP) is 4.39. The summed E-state index contributed by atoms with van der Waals surface area (Å²) in [6.07, 6.45) is 4.90. The lowest BCUT2D eigenvalue weighted by Gasteiger charge is -2.13. The number of H-pyrrole nitrogens is 2. The normalized spacial score (nSPS) is 14.2. The molecule has 32 heavy (non-hydrogen) atoms. The number of imidazole rings is 1. The fourth-order valence-corrected chi connectivity index (χ4v) is 4.23. The van der Waals surface area contributed by atoms with Gasteiger partial charge in [0, 0.05) is 23.6 Å². The summed E-state index contributed by atoms with van der Waals surface area (Å²) in [5.41, 5.74) is 6.44. The maximum Gasteiger partial charge on any atom is 0.159 e. The first-order valence-corrected chi connectivity index (χ1v) is 10.4. The van der Waals surface area contributed by atoms with Crippen molar-refractivity contribution in [1.29, 1.82) is 0 Å². The molecule has 0 radical (unpaired) electrons. The van der Waals surface area contributed by atoms with E-state index in [1.807, 2.05) is 24.3 Å². The van der Waals surface area contributed by atoms with Gasteiger partial charge in [0.05, 0.1) is 28.4 Å². The van der Waals surface area contributed by atoms with E-state index in [1.165, 1.54) is 17.7 Å². The van der Waals surface area contributed by atoms with Gasteiger partial charge in [-0.2, -0.15) is 5.10 Å². The summed E-state index contributed by atoms with van der Waals surface area (Å²) < 4.78 is 13.9. The maximum atomic E-state index is 13.9. The van der Waals surface area contributed by atoms with Crippen molar-refractivity contribution in [3.8, 4) is 28.4 Å². The number of hydrogen-bond acceptors (Lipinski definition) is 5. The van der Waals surface area contributed by atoms with Crippen LogP contribution in [-0.2, 0) is 0 Å². The lowest BCUT2D eigenvalue weighted by atomic mass is 10.0. The molecule has 0 aliphatic carbocycles. The Labute approximate surface area is 182 Å². The highest BCUT2D eigenvalue weighted by Gasteiger charge is 2.17. The van der Waals surface area contributed by atoms with Gasteiger partial charge in [0.15, 0.2) is 5.82 Å². The van der Waals surface area contributed by atoms with E-state index in [-0.39, 0.29) is 5.75 Å². The third kappa shape index (κ3) is 3.12. The Morgan fingerprint density at radius 1 is 1.06 bits per heavy atom. The minimum Gasteiger partial charge on any atom is -0.508 e. The van der Waals surface area contributed by atoms with E-state index in [0.717, 1.165) is 53.3 Å². The molecule has 0 saturated heterocycles. The van der Waals surface area contributed by atoms with E-state index in [0.29, 0.717) is 22.6 Å². The predicted molar refractivity (Wildman–Crippen MR) is 121 cm³/mol. The molecule has 0 amide bonds. The Kier molecular flexibility index (Phi) is 4.26. The number of nitrogens with one attached hydrogen (secondary N) is 3. The smallest absolute Gasteiger partial charge is 0.159 e. The van der Waals surface area contributed by atoms with Crippen molar-refractivity contribution < 1.29 is 9.50 Å². The van der Waals surface area contributed by atoms with Gasteiger partial charge in [-0.25, -0.2) is 9.37 Å². The van der Waals surface area contributed by atoms with Crippen LogP contribution in [0.3, 0.4) is 0 Å². The van der Waals surface area contributed by atoms with Gasteiger partial charge >= 0.3 is 0 Å². The Hall–Kier alpha value is -4.04. The van der Waals surface area contributed by atoms with Crippen LogP contribution in [0.5, 0.6) is 5.75 Å². The molecular formula is C24H19FN6O. The number of benzene rings is 2. The molecule has 8 heteroatoms. The molecule has 5 aromatic rings. The molecular weight excluding hydrogens is 407 g/mol. The van der Waals surface area contributed by atoms with Crippen LogP contribution in [-0.4, -0.2) is 43.3 Å². The van der Waals surface area contributed by atoms with E-state index in [9.17, 15) is 9.50 Å². The number of phenolic OH excluding ortho intramolecular Hbond substituents is 1. The van der Waals surface area contributed by atoms with Crippen LogP contribution in [0.2, 0.25) is 0 Å². The van der Waals surface area contributed by atoms with Crippen molar-refractivity contribution in [1.82, 2.24) is 30.5 Å². The number of para-hydroxylation sites is 1. The van der Waals surface area contributed by atoms with E-state index >= 15 is 0 Å². The summed E-state index contributed by atoms with van der Waals surface area (Å²) in [5, 5.41) is 21.6. The largest absolute Gasteiger partial charge is 0.508 e. The van der Waals surface area contributed by atoms with Gasteiger partial charge in [-0.3, -0.25) is 10.1 Å². The van der Waals surface area contributed by atoms with Crippen LogP contribution < -0.4 is 5.32 Å². The Morgan fingerprint density at radius 3 is 2.84 bits per heavy atom. The first-order chi connectivity index (χ1) is 15.7. The minimum absolute atomic E-state index is 0.127. The van der Waals surface area contributed by atoms with Crippen LogP contribution in [0.4, 0.5) is 4.39 Å². The second-order valence-corrected chi connectivity index (χ2v) is 7.86. The van der Waals surface area contributed by atoms with Crippen LogP contribution in [0.1, 0.15) is 12.1 Å². The van der Waals surface area contributed by atoms with E-state index < -0.39 is 5.82 Å². The van der Waals surface area contributed by atoms with Gasteiger partial charge < -0.3 is 15.4 Å². The van der Waals surface area contributed by atoms with Crippen LogP contribution >= 0.6 is 0 Å². The number of nitrogens with zero attached hydrogens (tertiary/aromatic N) is 3. The maximum absolute atomic E-state index is 13.9. The third-order valence-electron chi connectivity index (χ3n) is 5.77. The van der Waals surface area contributed by atoms with Crippen LogP contribution in [0.25, 0.3) is 50.2 Å². The molecule has 0 atom stereocenters. The average Bonchev–Trinajstić information content (AvgIpc) is 3.42. The molecule has 7 nitrogen and oxygen atoms in total. The van der Waals surface area contributed by atoms with E-state index in [4.69, 9.17) is 4.98 Å². The number of rotatable bonds is 3. The summed E-state index contributed by atoms with van der Waals surface area (Å²) in [6, 6.07) is 11.7. The van der Waals surface area contributed by atoms with Crippen molar-refractivity contribution in [3.05, 3.63) is 66.2 Å². The van der Waals surface area contributed by atoms with Gasteiger partial charge in [-0.15, -0.1) is 0 Å². The van der Waals surface area contributed by atoms with E-state index in [2.05, 4.69) is 31.6 Å². The highest BCUT2D eigenvalue weighted by molar-refractivity contribution is 5.97. The monoisotopic (exact) mass is 426 g/mol. The fourth-order valence-electron chi connectivity index (χ4n) is 4.23. The molecule has 3 aromatic heterocycles. The van der Waals surface area contributed by atoms with Gasteiger partial charge in [0.25, 0.3) is 0 Å². The zero-order valence-electron chi connectivity index (χ0n) is 17.0. The molecule has 0 bridgehead atoms. The summed E-state index contributed by atoms with van der Waals surface area (Å²) >= 11 is 0. The molecule has 0 spiro atoms. The van der Waals surface area contributed by atoms with Crippen molar-refractivity contribution in [2.75, 3.05) is 13.1 Å². The first kappa shape index (κ1) is 18.7. The summed E-state index contributed by atoms with van der Waals surface area (Å²) in [4.78, 5) is 12.7. The van der Waals surface area contributed by atoms with Crippen molar-refractivity contribution in [2.45, 2.75) is 6.42 Å². The number of phenols is 1. The highest BCUT2D eigenvalue weighted by atomic mass is 19.1. The molecule has 158 valence electrons. The Bertz CT molecular complexity index is 1500. The Morgan fingerprint density at radius 2 is 2.00 bits per heavy atom. The lowest BCUT2D eigenvalue weighted by Crippen LogP contribution is -2.20. The minimum atomic E-state index is -0.502. The van der Waals surface area contributed by atoms with Gasteiger partial charge in [0.2, 0.25) is 0 Å². The van der Waals surface area contributed by atoms with Crippen molar-refractivity contribution in [2.24, 2.45) is 0 Å². The topological polar surface area (TPSA) is 103 Å². The molecule has 6 rings (SSSR count). The molecule has 1 aliphatic rings. The van der Waals surface area contributed by atoms with Crippen LogP contribution in [0.15, 0.2) is 54.7 Å². The summed E-state index contributed by atoms with van der Waals surface area (Å²) in [5.74, 6) is -0.0209. The van der Waals surface area contributed by atoms with Gasteiger partial charge in [-0.05, 0) is 48.4 Å². The number of hydrogen-bond donors (Lipinski definition) is 4. The van der Waals surface area contributed by atoms with Gasteiger partial charge in [-0.1, -0.05) is 18.2 Å². The molecule has 2 aromatic carbocycles. The number of aromatic amines is 2. The zero-order chi connectivity index (χ0) is 21.7. The summed E-state index contributed by atoms with van der Waals surface area (Å²) in [7, 11) is 0. The number of fused-ring (bicyclic) bond motifs is 2. The van der Waals surface area contributed by atoms with Crippen molar-refractivity contribution in [3.63, 3.8) is 0 Å².